The maximum atomic E-state index is 11.9. The van der Waals surface area contributed by atoms with E-state index in [1.165, 1.54) is 11.6 Å². The van der Waals surface area contributed by atoms with Gasteiger partial charge in [0.2, 0.25) is 0 Å². The largest absolute Gasteiger partial charge is 0.463 e. The molecule has 0 bridgehead atoms. The van der Waals surface area contributed by atoms with E-state index in [1.807, 2.05) is 31.2 Å². The van der Waals surface area contributed by atoms with E-state index in [1.54, 1.807) is 24.3 Å². The normalized spacial score (nSPS) is 10.8. The van der Waals surface area contributed by atoms with E-state index in [4.69, 9.17) is 20.9 Å². The summed E-state index contributed by atoms with van der Waals surface area (Å²) < 4.78 is 10.4. The topological polar surface area (TPSA) is 105 Å². The van der Waals surface area contributed by atoms with E-state index in [2.05, 4.69) is 0 Å². The van der Waals surface area contributed by atoms with Crippen molar-refractivity contribution in [3.05, 3.63) is 65.2 Å². The first-order valence-electron chi connectivity index (χ1n) is 9.69. The van der Waals surface area contributed by atoms with Gasteiger partial charge < -0.3 is 20.9 Å². The van der Waals surface area contributed by atoms with Gasteiger partial charge >= 0.3 is 11.9 Å². The highest BCUT2D eigenvalue weighted by Gasteiger charge is 2.08. The summed E-state index contributed by atoms with van der Waals surface area (Å²) in [5, 5.41) is 0. The lowest BCUT2D eigenvalue weighted by Gasteiger charge is -2.07. The monoisotopic (exact) mass is 396 g/mol. The predicted octanol–water partition coefficient (Wildman–Crippen LogP) is 4.13. The summed E-state index contributed by atoms with van der Waals surface area (Å²) in [6.07, 6.45) is 6.45. The fraction of sp³-hybridized carbons (Fsp3) is 0.304. The van der Waals surface area contributed by atoms with Gasteiger partial charge in [0.25, 0.3) is 0 Å². The number of hydrogen-bond acceptors (Lipinski definition) is 6. The molecule has 0 aromatic heterocycles. The van der Waals surface area contributed by atoms with Crippen LogP contribution in [0.2, 0.25) is 0 Å². The Bertz CT molecular complexity index is 824. The Hall–Kier alpha value is -3.28. The Morgan fingerprint density at radius 3 is 2.07 bits per heavy atom. The molecule has 2 rings (SSSR count). The third-order valence-corrected chi connectivity index (χ3v) is 4.22. The van der Waals surface area contributed by atoms with Gasteiger partial charge in [0.1, 0.15) is 0 Å². The maximum absolute atomic E-state index is 11.9. The Morgan fingerprint density at radius 1 is 0.862 bits per heavy atom. The number of anilines is 2. The number of carbonyl (C=O) groups excluding carboxylic acids is 2. The van der Waals surface area contributed by atoms with Gasteiger partial charge in [0.15, 0.2) is 0 Å². The van der Waals surface area contributed by atoms with E-state index in [0.717, 1.165) is 31.2 Å². The number of unbranched alkanes of at least 4 members (excludes halogenated alkanes) is 3. The average Bonchev–Trinajstić information content (AvgIpc) is 2.68. The molecule has 0 unspecified atom stereocenters. The molecule has 154 valence electrons. The fourth-order valence-electron chi connectivity index (χ4n) is 2.66. The molecule has 0 heterocycles. The molecule has 2 aromatic carbocycles. The third-order valence-electron chi connectivity index (χ3n) is 4.22. The fourth-order valence-corrected chi connectivity index (χ4v) is 2.66. The number of ether oxygens (including phenoxy) is 2. The summed E-state index contributed by atoms with van der Waals surface area (Å²) in [4.78, 5) is 23.6. The van der Waals surface area contributed by atoms with Gasteiger partial charge in [-0.1, -0.05) is 29.8 Å². The van der Waals surface area contributed by atoms with Crippen LogP contribution in [-0.2, 0) is 14.3 Å². The lowest BCUT2D eigenvalue weighted by Crippen LogP contribution is -2.08. The summed E-state index contributed by atoms with van der Waals surface area (Å²) in [7, 11) is 0. The van der Waals surface area contributed by atoms with Gasteiger partial charge in [-0.05, 0) is 62.4 Å². The second kappa shape index (κ2) is 11.5. The van der Waals surface area contributed by atoms with Gasteiger partial charge in [-0.2, -0.15) is 0 Å². The summed E-state index contributed by atoms with van der Waals surface area (Å²) in [6.45, 7) is 2.72. The molecule has 4 N–H and O–H groups in total. The van der Waals surface area contributed by atoms with Crippen LogP contribution < -0.4 is 11.5 Å². The van der Waals surface area contributed by atoms with Crippen molar-refractivity contribution in [1.29, 1.82) is 0 Å². The number of carbonyl (C=O) groups is 2. The number of aryl methyl sites for hydroxylation is 1. The van der Waals surface area contributed by atoms with Crippen molar-refractivity contribution in [3.63, 3.8) is 0 Å². The highest BCUT2D eigenvalue weighted by atomic mass is 16.5. The van der Waals surface area contributed by atoms with E-state index >= 15 is 0 Å². The van der Waals surface area contributed by atoms with E-state index < -0.39 is 5.97 Å². The SMILES string of the molecule is Cc1ccc(/C=C/C(=O)OCCCCCCOC(=O)c2cc(N)cc(N)c2)cc1. The average molecular weight is 396 g/mol. The van der Waals surface area contributed by atoms with Crippen LogP contribution in [0.25, 0.3) is 6.08 Å². The number of rotatable bonds is 10. The minimum atomic E-state index is -0.432. The molecule has 0 saturated carbocycles. The van der Waals surface area contributed by atoms with Crippen molar-refractivity contribution < 1.29 is 19.1 Å². The third kappa shape index (κ3) is 8.51. The van der Waals surface area contributed by atoms with Crippen LogP contribution >= 0.6 is 0 Å². The maximum Gasteiger partial charge on any atom is 0.338 e. The Kier molecular flexibility index (Phi) is 8.76. The first-order valence-corrected chi connectivity index (χ1v) is 9.69. The summed E-state index contributed by atoms with van der Waals surface area (Å²) in [5.41, 5.74) is 14.7. The molecule has 2 aromatic rings. The number of esters is 2. The van der Waals surface area contributed by atoms with Crippen LogP contribution in [-0.4, -0.2) is 25.2 Å². The molecule has 0 aliphatic rings. The van der Waals surface area contributed by atoms with Crippen molar-refractivity contribution in [2.75, 3.05) is 24.7 Å². The van der Waals surface area contributed by atoms with Crippen molar-refractivity contribution >= 4 is 29.4 Å². The quantitative estimate of drug-likeness (QED) is 0.271. The smallest absolute Gasteiger partial charge is 0.338 e. The zero-order valence-corrected chi connectivity index (χ0v) is 16.7. The molecule has 29 heavy (non-hydrogen) atoms. The van der Waals surface area contributed by atoms with E-state index in [-0.39, 0.29) is 5.97 Å². The number of hydrogen-bond donors (Lipinski definition) is 2. The van der Waals surface area contributed by atoms with Crippen LogP contribution in [0.1, 0.15) is 47.2 Å². The van der Waals surface area contributed by atoms with Crippen LogP contribution in [0.3, 0.4) is 0 Å². The lowest BCUT2D eigenvalue weighted by molar-refractivity contribution is -0.137. The molecule has 0 saturated heterocycles. The summed E-state index contributed by atoms with van der Waals surface area (Å²) in [5.74, 6) is -0.779. The Balaban J connectivity index is 1.53. The Morgan fingerprint density at radius 2 is 1.45 bits per heavy atom. The molecule has 0 aliphatic carbocycles. The van der Waals surface area contributed by atoms with Gasteiger partial charge in [0.05, 0.1) is 18.8 Å². The van der Waals surface area contributed by atoms with Crippen LogP contribution in [0, 0.1) is 6.92 Å². The molecule has 6 nitrogen and oxygen atoms in total. The number of nitrogen functional groups attached to an aromatic ring is 2. The molecule has 0 atom stereocenters. The first-order chi connectivity index (χ1) is 13.9. The lowest BCUT2D eigenvalue weighted by atomic mass is 10.1. The van der Waals surface area contributed by atoms with E-state index in [0.29, 0.717) is 30.2 Å². The molecule has 0 amide bonds. The van der Waals surface area contributed by atoms with Crippen molar-refractivity contribution in [2.24, 2.45) is 0 Å². The highest BCUT2D eigenvalue weighted by Crippen LogP contribution is 2.15. The van der Waals surface area contributed by atoms with Gasteiger partial charge in [-0.25, -0.2) is 9.59 Å². The van der Waals surface area contributed by atoms with E-state index in [9.17, 15) is 9.59 Å². The Labute approximate surface area is 171 Å². The molecule has 0 aliphatic heterocycles. The molecule has 6 heteroatoms. The molecule has 0 fully saturated rings. The second-order valence-electron chi connectivity index (χ2n) is 6.85. The van der Waals surface area contributed by atoms with Crippen molar-refractivity contribution in [1.82, 2.24) is 0 Å². The van der Waals surface area contributed by atoms with Gasteiger partial charge in [0, 0.05) is 17.5 Å². The second-order valence-corrected chi connectivity index (χ2v) is 6.85. The molecular formula is C23H28N2O4. The predicted molar refractivity (Wildman–Crippen MR) is 115 cm³/mol. The number of nitrogens with two attached hydrogens (primary N) is 2. The van der Waals surface area contributed by atoms with Crippen molar-refractivity contribution in [2.45, 2.75) is 32.6 Å². The van der Waals surface area contributed by atoms with Crippen LogP contribution in [0.5, 0.6) is 0 Å². The molecular weight excluding hydrogens is 368 g/mol. The summed E-state index contributed by atoms with van der Waals surface area (Å²) in [6, 6.07) is 12.6. The standard InChI is InChI=1S/C23H28N2O4/c1-17-6-8-18(9-7-17)10-11-22(26)28-12-4-2-3-5-13-29-23(27)19-14-20(24)16-21(25)15-19/h6-11,14-16H,2-5,12-13,24-25H2,1H3/b11-10+. The minimum Gasteiger partial charge on any atom is -0.463 e. The number of benzene rings is 2. The van der Waals surface area contributed by atoms with Crippen LogP contribution in [0.15, 0.2) is 48.5 Å². The highest BCUT2D eigenvalue weighted by molar-refractivity contribution is 5.91. The summed E-state index contributed by atoms with van der Waals surface area (Å²) >= 11 is 0. The van der Waals surface area contributed by atoms with Crippen LogP contribution in [0.4, 0.5) is 11.4 Å². The molecule has 0 spiro atoms. The molecule has 0 radical (unpaired) electrons. The van der Waals surface area contributed by atoms with Gasteiger partial charge in [-0.3, -0.25) is 0 Å². The zero-order chi connectivity index (χ0) is 21.1. The van der Waals surface area contributed by atoms with Crippen molar-refractivity contribution in [3.8, 4) is 0 Å². The first kappa shape index (κ1) is 22.0. The van der Waals surface area contributed by atoms with Gasteiger partial charge in [-0.15, -0.1) is 0 Å². The zero-order valence-electron chi connectivity index (χ0n) is 16.7. The minimum absolute atomic E-state index is 0.326.